The number of nitrogens with one attached hydrogen (secondary N) is 1. The molecule has 0 aromatic heterocycles. The summed E-state index contributed by atoms with van der Waals surface area (Å²) in [6.45, 7) is 5.54. The van der Waals surface area contributed by atoms with E-state index >= 15 is 0 Å². The van der Waals surface area contributed by atoms with Crippen LogP contribution in [0.1, 0.15) is 22.3 Å². The van der Waals surface area contributed by atoms with Crippen LogP contribution in [0.3, 0.4) is 0 Å². The molecule has 1 atom stereocenters. The summed E-state index contributed by atoms with van der Waals surface area (Å²) in [7, 11) is -4.19. The van der Waals surface area contributed by atoms with Crippen molar-refractivity contribution in [1.82, 2.24) is 5.48 Å². The Balaban J connectivity index is 1.61. The van der Waals surface area contributed by atoms with Gasteiger partial charge in [-0.2, -0.15) is 13.9 Å². The summed E-state index contributed by atoms with van der Waals surface area (Å²) < 4.78 is 40.8. The van der Waals surface area contributed by atoms with Crippen LogP contribution in [0.25, 0.3) is 0 Å². The first-order valence-corrected chi connectivity index (χ1v) is 10.9. The number of amides is 1. The molecule has 0 spiro atoms. The molecule has 30 heavy (non-hydrogen) atoms. The van der Waals surface area contributed by atoms with E-state index in [1.807, 2.05) is 54.9 Å². The van der Waals surface area contributed by atoms with Gasteiger partial charge in [0.1, 0.15) is 17.1 Å². The van der Waals surface area contributed by atoms with Crippen molar-refractivity contribution in [3.8, 4) is 0 Å². The second kappa shape index (κ2) is 8.99. The zero-order valence-electron chi connectivity index (χ0n) is 17.2. The molecule has 0 saturated carbocycles. The molecular weight excluding hydrogens is 406 g/mol. The number of aryl methyl sites for hydroxylation is 3. The van der Waals surface area contributed by atoms with Gasteiger partial charge in [-0.25, -0.2) is 4.79 Å². The molecule has 1 aliphatic rings. The molecule has 1 unspecified atom stereocenters. The Morgan fingerprint density at radius 3 is 2.40 bits per heavy atom. The van der Waals surface area contributed by atoms with E-state index in [1.165, 1.54) is 0 Å². The van der Waals surface area contributed by atoms with Crippen molar-refractivity contribution in [3.05, 3.63) is 76.9 Å². The summed E-state index contributed by atoms with van der Waals surface area (Å²) in [6, 6.07) is 13.1. The lowest BCUT2D eigenvalue weighted by Crippen LogP contribution is -2.39. The number of rotatable bonds is 7. The molecule has 0 bridgehead atoms. The number of hydrogen-bond donors (Lipinski definition) is 1. The van der Waals surface area contributed by atoms with Crippen LogP contribution in [0.5, 0.6) is 0 Å². The lowest BCUT2D eigenvalue weighted by atomic mass is 9.95. The molecule has 0 fully saturated rings. The molecule has 0 radical (unpaired) electrons. The third kappa shape index (κ3) is 5.27. The van der Waals surface area contributed by atoms with Gasteiger partial charge in [0, 0.05) is 6.42 Å². The second-order valence-corrected chi connectivity index (χ2v) is 8.87. The number of hydrogen-bond acceptors (Lipinski definition) is 6. The van der Waals surface area contributed by atoms with Crippen LogP contribution in [-0.2, 0) is 30.3 Å². The minimum Gasteiger partial charge on any atom is -0.445 e. The van der Waals surface area contributed by atoms with Gasteiger partial charge >= 0.3 is 16.2 Å². The molecule has 3 rings (SSSR count). The van der Waals surface area contributed by atoms with Gasteiger partial charge in [-0.3, -0.25) is 0 Å². The van der Waals surface area contributed by atoms with Gasteiger partial charge in [-0.05, 0) is 37.5 Å². The minimum atomic E-state index is -4.19. The van der Waals surface area contributed by atoms with Crippen molar-refractivity contribution < 1.29 is 27.0 Å². The molecule has 2 aromatic rings. The summed E-state index contributed by atoms with van der Waals surface area (Å²) in [6.07, 6.45) is 3.20. The van der Waals surface area contributed by atoms with Gasteiger partial charge in [0.2, 0.25) is 0 Å². The van der Waals surface area contributed by atoms with E-state index in [2.05, 4.69) is 0 Å². The highest BCUT2D eigenvalue weighted by Gasteiger charge is 2.33. The van der Waals surface area contributed by atoms with Crippen LogP contribution >= 0.6 is 0 Å². The van der Waals surface area contributed by atoms with Crippen molar-refractivity contribution in [3.63, 3.8) is 0 Å². The molecular formula is C22H25NO6S. The molecule has 0 aliphatic carbocycles. The minimum absolute atomic E-state index is 0.0241. The standard InChI is InChI=1S/C22H25NO6S/c1-16-12-17(2)20(18(3)13-16)30(25,26)29-23-21(24)27-15-22(10-7-11-28-22)14-19-8-5-4-6-9-19/h4-10,12-13H,11,14-15H2,1-3H3,(H,23,24). The van der Waals surface area contributed by atoms with Crippen molar-refractivity contribution >= 4 is 16.2 Å². The Hall–Kier alpha value is -2.68. The Labute approximate surface area is 176 Å². The fourth-order valence-electron chi connectivity index (χ4n) is 3.63. The topological polar surface area (TPSA) is 90.9 Å². The fraction of sp³-hybridized carbons (Fsp3) is 0.318. The van der Waals surface area contributed by atoms with Gasteiger partial charge < -0.3 is 9.47 Å². The van der Waals surface area contributed by atoms with E-state index in [9.17, 15) is 13.2 Å². The Kier molecular flexibility index (Phi) is 6.60. The number of carbonyl (C=O) groups excluding carboxylic acids is 1. The SMILES string of the molecule is Cc1cc(C)c(S(=O)(=O)ONC(=O)OCC2(Cc3ccccc3)C=CCO2)c(C)c1. The maximum Gasteiger partial charge on any atom is 0.432 e. The first-order valence-electron chi connectivity index (χ1n) is 9.50. The maximum atomic E-state index is 12.5. The van der Waals surface area contributed by atoms with E-state index in [1.54, 1.807) is 26.0 Å². The van der Waals surface area contributed by atoms with Crippen molar-refractivity contribution in [2.75, 3.05) is 13.2 Å². The molecule has 7 nitrogen and oxygen atoms in total. The van der Waals surface area contributed by atoms with Crippen LogP contribution in [-0.4, -0.2) is 33.3 Å². The molecule has 1 amide bonds. The second-order valence-electron chi connectivity index (χ2n) is 7.38. The van der Waals surface area contributed by atoms with Crippen LogP contribution in [0.4, 0.5) is 4.79 Å². The average molecular weight is 432 g/mol. The molecule has 1 heterocycles. The van der Waals surface area contributed by atoms with Crippen molar-refractivity contribution in [1.29, 1.82) is 0 Å². The lowest BCUT2D eigenvalue weighted by molar-refractivity contribution is -0.0280. The first-order chi connectivity index (χ1) is 14.2. The molecule has 1 N–H and O–H groups in total. The highest BCUT2D eigenvalue weighted by molar-refractivity contribution is 7.86. The number of ether oxygens (including phenoxy) is 2. The smallest absolute Gasteiger partial charge is 0.432 e. The Morgan fingerprint density at radius 2 is 1.80 bits per heavy atom. The van der Waals surface area contributed by atoms with Gasteiger partial charge in [0.25, 0.3) is 0 Å². The van der Waals surface area contributed by atoms with E-state index in [4.69, 9.17) is 13.8 Å². The van der Waals surface area contributed by atoms with Gasteiger partial charge in [0.15, 0.2) is 0 Å². The van der Waals surface area contributed by atoms with E-state index in [0.717, 1.165) is 11.1 Å². The zero-order valence-corrected chi connectivity index (χ0v) is 18.0. The van der Waals surface area contributed by atoms with Crippen LogP contribution < -0.4 is 5.48 Å². The third-order valence-corrected chi connectivity index (χ3v) is 6.22. The van der Waals surface area contributed by atoms with E-state index in [-0.39, 0.29) is 11.5 Å². The maximum absolute atomic E-state index is 12.5. The Bertz CT molecular complexity index is 1030. The lowest BCUT2D eigenvalue weighted by Gasteiger charge is -2.26. The monoisotopic (exact) mass is 431 g/mol. The summed E-state index contributed by atoms with van der Waals surface area (Å²) in [4.78, 5) is 12.1. The number of carbonyl (C=O) groups is 1. The van der Waals surface area contributed by atoms with Gasteiger partial charge in [-0.15, -0.1) is 4.28 Å². The Morgan fingerprint density at radius 1 is 1.13 bits per heavy atom. The van der Waals surface area contributed by atoms with Crippen LogP contribution in [0.2, 0.25) is 0 Å². The van der Waals surface area contributed by atoms with E-state index in [0.29, 0.717) is 24.2 Å². The predicted molar refractivity (Wildman–Crippen MR) is 111 cm³/mol. The van der Waals surface area contributed by atoms with E-state index < -0.39 is 21.8 Å². The molecule has 8 heteroatoms. The number of hydroxylamine groups is 1. The summed E-state index contributed by atoms with van der Waals surface area (Å²) in [5, 5.41) is 0. The summed E-state index contributed by atoms with van der Waals surface area (Å²) >= 11 is 0. The molecule has 1 aliphatic heterocycles. The van der Waals surface area contributed by atoms with Crippen LogP contribution in [0.15, 0.2) is 59.5 Å². The molecule has 0 saturated heterocycles. The first kappa shape index (κ1) is 22.0. The number of benzene rings is 2. The zero-order chi connectivity index (χ0) is 21.8. The quantitative estimate of drug-likeness (QED) is 0.533. The molecule has 2 aromatic carbocycles. The van der Waals surface area contributed by atoms with Crippen LogP contribution in [0, 0.1) is 20.8 Å². The summed E-state index contributed by atoms with van der Waals surface area (Å²) in [5.74, 6) is 0. The van der Waals surface area contributed by atoms with Gasteiger partial charge in [-0.1, -0.05) is 60.2 Å². The van der Waals surface area contributed by atoms with Crippen molar-refractivity contribution in [2.45, 2.75) is 37.7 Å². The largest absolute Gasteiger partial charge is 0.445 e. The normalized spacial score (nSPS) is 18.4. The predicted octanol–water partition coefficient (Wildman–Crippen LogP) is 3.53. The summed E-state index contributed by atoms with van der Waals surface area (Å²) in [5.41, 5.74) is 4.10. The third-order valence-electron chi connectivity index (χ3n) is 4.77. The van der Waals surface area contributed by atoms with Gasteiger partial charge in [0.05, 0.1) is 6.61 Å². The molecule has 160 valence electrons. The van der Waals surface area contributed by atoms with Crippen molar-refractivity contribution in [2.24, 2.45) is 0 Å². The fourth-order valence-corrected chi connectivity index (χ4v) is 4.79. The highest BCUT2D eigenvalue weighted by atomic mass is 32.2. The highest BCUT2D eigenvalue weighted by Crippen LogP contribution is 2.25. The average Bonchev–Trinajstić information content (AvgIpc) is 3.13.